The highest BCUT2D eigenvalue weighted by molar-refractivity contribution is 5.83. The van der Waals surface area contributed by atoms with Crippen LogP contribution < -0.4 is 5.73 Å². The second-order valence-electron chi connectivity index (χ2n) is 5.35. The van der Waals surface area contributed by atoms with Crippen LogP contribution in [0.5, 0.6) is 0 Å². The van der Waals surface area contributed by atoms with Gasteiger partial charge in [0.15, 0.2) is 0 Å². The zero-order valence-electron chi connectivity index (χ0n) is 9.86. The van der Waals surface area contributed by atoms with Crippen LogP contribution in [0.2, 0.25) is 0 Å². The molecule has 1 heterocycles. The normalized spacial score (nSPS) is 24.3. The zero-order valence-corrected chi connectivity index (χ0v) is 9.86. The first kappa shape index (κ1) is 12.5. The summed E-state index contributed by atoms with van der Waals surface area (Å²) in [5, 5.41) is 9.14. The fourth-order valence-corrected chi connectivity index (χ4v) is 1.86. The third-order valence-electron chi connectivity index (χ3n) is 3.07. The Labute approximate surface area is 91.4 Å². The van der Waals surface area contributed by atoms with Crippen molar-refractivity contribution < 1.29 is 9.90 Å². The summed E-state index contributed by atoms with van der Waals surface area (Å²) in [7, 11) is 0. The van der Waals surface area contributed by atoms with Crippen molar-refractivity contribution in [2.24, 2.45) is 11.1 Å². The Bertz CT molecular complexity index is 235. The fraction of sp³-hybridized carbons (Fsp3) is 0.909. The van der Waals surface area contributed by atoms with Gasteiger partial charge in [0.25, 0.3) is 0 Å². The highest BCUT2D eigenvalue weighted by Crippen LogP contribution is 2.23. The van der Waals surface area contributed by atoms with Crippen LogP contribution in [-0.4, -0.2) is 41.1 Å². The lowest BCUT2D eigenvalue weighted by atomic mass is 9.86. The Morgan fingerprint density at radius 1 is 1.60 bits per heavy atom. The number of hydrogen-bond acceptors (Lipinski definition) is 3. The summed E-state index contributed by atoms with van der Waals surface area (Å²) in [5.74, 6) is -0.0287. The fourth-order valence-electron chi connectivity index (χ4n) is 1.86. The molecule has 1 fully saturated rings. The van der Waals surface area contributed by atoms with E-state index in [1.165, 1.54) is 0 Å². The van der Waals surface area contributed by atoms with Crippen LogP contribution in [0.25, 0.3) is 0 Å². The summed E-state index contributed by atoms with van der Waals surface area (Å²) in [5.41, 5.74) is 5.70. The molecule has 1 aliphatic heterocycles. The Hall–Kier alpha value is -0.610. The molecule has 15 heavy (non-hydrogen) atoms. The van der Waals surface area contributed by atoms with Gasteiger partial charge in [-0.1, -0.05) is 20.8 Å². The second-order valence-corrected chi connectivity index (χ2v) is 5.35. The molecule has 0 aliphatic carbocycles. The highest BCUT2D eigenvalue weighted by atomic mass is 16.3. The molecule has 1 rings (SSSR count). The number of hydrogen-bond donors (Lipinski definition) is 2. The van der Waals surface area contributed by atoms with Crippen molar-refractivity contribution in [3.05, 3.63) is 0 Å². The van der Waals surface area contributed by atoms with E-state index in [9.17, 15) is 4.79 Å². The highest BCUT2D eigenvalue weighted by Gasteiger charge is 2.35. The second kappa shape index (κ2) is 4.49. The smallest absolute Gasteiger partial charge is 0.240 e. The number of aliphatic hydroxyl groups is 1. The van der Waals surface area contributed by atoms with Gasteiger partial charge < -0.3 is 15.7 Å². The monoisotopic (exact) mass is 214 g/mol. The van der Waals surface area contributed by atoms with E-state index in [4.69, 9.17) is 10.8 Å². The molecule has 0 aromatic rings. The van der Waals surface area contributed by atoms with Crippen LogP contribution in [0.15, 0.2) is 0 Å². The number of aliphatic hydroxyl groups excluding tert-OH is 1. The van der Waals surface area contributed by atoms with Crippen molar-refractivity contribution in [2.45, 2.75) is 45.7 Å². The minimum Gasteiger partial charge on any atom is -0.394 e. The van der Waals surface area contributed by atoms with Gasteiger partial charge in [0, 0.05) is 6.54 Å². The Kier molecular flexibility index (Phi) is 3.73. The van der Waals surface area contributed by atoms with Gasteiger partial charge in [0.2, 0.25) is 5.91 Å². The number of likely N-dealkylation sites (tertiary alicyclic amines) is 1. The van der Waals surface area contributed by atoms with E-state index < -0.39 is 6.04 Å². The number of rotatable bonds is 2. The number of nitrogens with zero attached hydrogens (tertiary/aromatic N) is 1. The molecule has 0 saturated carbocycles. The van der Waals surface area contributed by atoms with Gasteiger partial charge in [0.05, 0.1) is 18.7 Å². The number of carbonyl (C=O) groups excluding carboxylic acids is 1. The predicted octanol–water partition coefficient (Wildman–Crippen LogP) is 0.343. The standard InChI is InChI=1S/C11H22N2O2/c1-11(2,3)9(12)10(15)13-6-4-5-8(13)7-14/h8-9,14H,4-7,12H2,1-3H3. The van der Waals surface area contributed by atoms with Gasteiger partial charge in [-0.05, 0) is 18.3 Å². The van der Waals surface area contributed by atoms with Crippen molar-refractivity contribution in [1.82, 2.24) is 4.90 Å². The third-order valence-corrected chi connectivity index (χ3v) is 3.07. The molecule has 3 N–H and O–H groups in total. The van der Waals surface area contributed by atoms with E-state index in [0.717, 1.165) is 19.4 Å². The van der Waals surface area contributed by atoms with Gasteiger partial charge in [0.1, 0.15) is 0 Å². The molecule has 2 atom stereocenters. The van der Waals surface area contributed by atoms with E-state index in [1.54, 1.807) is 4.90 Å². The van der Waals surface area contributed by atoms with Crippen molar-refractivity contribution in [2.75, 3.05) is 13.2 Å². The van der Waals surface area contributed by atoms with Gasteiger partial charge in [-0.2, -0.15) is 0 Å². The summed E-state index contributed by atoms with van der Waals surface area (Å²) in [4.78, 5) is 13.8. The van der Waals surface area contributed by atoms with Crippen LogP contribution in [0.1, 0.15) is 33.6 Å². The molecule has 2 unspecified atom stereocenters. The molecule has 1 aliphatic rings. The Morgan fingerprint density at radius 2 is 2.20 bits per heavy atom. The van der Waals surface area contributed by atoms with Gasteiger partial charge in [-0.3, -0.25) is 4.79 Å². The first-order valence-corrected chi connectivity index (χ1v) is 5.55. The lowest BCUT2D eigenvalue weighted by Crippen LogP contribution is -2.52. The van der Waals surface area contributed by atoms with E-state index in [1.807, 2.05) is 20.8 Å². The summed E-state index contributed by atoms with van der Waals surface area (Å²) in [6.45, 7) is 6.65. The van der Waals surface area contributed by atoms with Gasteiger partial charge >= 0.3 is 0 Å². The molecule has 0 radical (unpaired) electrons. The average Bonchev–Trinajstić information content (AvgIpc) is 2.61. The van der Waals surface area contributed by atoms with Gasteiger partial charge in [-0.25, -0.2) is 0 Å². The molecular weight excluding hydrogens is 192 g/mol. The maximum Gasteiger partial charge on any atom is 0.240 e. The minimum atomic E-state index is -0.482. The molecular formula is C11H22N2O2. The number of carbonyl (C=O) groups is 1. The van der Waals surface area contributed by atoms with Crippen LogP contribution in [0, 0.1) is 5.41 Å². The lowest BCUT2D eigenvalue weighted by molar-refractivity contribution is -0.136. The number of amides is 1. The Morgan fingerprint density at radius 3 is 2.67 bits per heavy atom. The molecule has 88 valence electrons. The van der Waals surface area contributed by atoms with E-state index in [0.29, 0.717) is 0 Å². The minimum absolute atomic E-state index is 0.0223. The summed E-state index contributed by atoms with van der Waals surface area (Å²) in [6, 6.07) is -0.504. The average molecular weight is 214 g/mol. The molecule has 0 aromatic carbocycles. The lowest BCUT2D eigenvalue weighted by Gasteiger charge is -2.32. The summed E-state index contributed by atoms with van der Waals surface area (Å²) in [6.07, 6.45) is 1.85. The van der Waals surface area contributed by atoms with E-state index >= 15 is 0 Å². The summed E-state index contributed by atoms with van der Waals surface area (Å²) >= 11 is 0. The molecule has 4 heteroatoms. The Balaban J connectivity index is 2.68. The molecule has 0 bridgehead atoms. The topological polar surface area (TPSA) is 66.6 Å². The van der Waals surface area contributed by atoms with Crippen molar-refractivity contribution in [3.8, 4) is 0 Å². The van der Waals surface area contributed by atoms with Gasteiger partial charge in [-0.15, -0.1) is 0 Å². The maximum absolute atomic E-state index is 12.1. The molecule has 0 spiro atoms. The van der Waals surface area contributed by atoms with Crippen LogP contribution >= 0.6 is 0 Å². The maximum atomic E-state index is 12.1. The zero-order chi connectivity index (χ0) is 11.6. The first-order chi connectivity index (χ1) is 6.88. The predicted molar refractivity (Wildman–Crippen MR) is 59.3 cm³/mol. The third kappa shape index (κ3) is 2.69. The molecule has 1 saturated heterocycles. The van der Waals surface area contributed by atoms with Crippen LogP contribution in [0.4, 0.5) is 0 Å². The molecule has 0 aromatic heterocycles. The first-order valence-electron chi connectivity index (χ1n) is 5.55. The molecule has 1 amide bonds. The van der Waals surface area contributed by atoms with Crippen LogP contribution in [-0.2, 0) is 4.79 Å². The van der Waals surface area contributed by atoms with E-state index in [-0.39, 0.29) is 24.0 Å². The number of nitrogens with two attached hydrogens (primary N) is 1. The van der Waals surface area contributed by atoms with Crippen molar-refractivity contribution in [3.63, 3.8) is 0 Å². The van der Waals surface area contributed by atoms with Crippen molar-refractivity contribution >= 4 is 5.91 Å². The van der Waals surface area contributed by atoms with E-state index in [2.05, 4.69) is 0 Å². The van der Waals surface area contributed by atoms with Crippen LogP contribution in [0.3, 0.4) is 0 Å². The SMILES string of the molecule is CC(C)(C)C(N)C(=O)N1CCCC1CO. The van der Waals surface area contributed by atoms with Crippen molar-refractivity contribution in [1.29, 1.82) is 0 Å². The quantitative estimate of drug-likeness (QED) is 0.696. The summed E-state index contributed by atoms with van der Waals surface area (Å²) < 4.78 is 0. The largest absolute Gasteiger partial charge is 0.394 e. The molecule has 4 nitrogen and oxygen atoms in total.